The van der Waals surface area contributed by atoms with Crippen molar-refractivity contribution in [3.05, 3.63) is 33.7 Å². The van der Waals surface area contributed by atoms with E-state index >= 15 is 0 Å². The average Bonchev–Trinajstić information content (AvgIpc) is 3.00. The van der Waals surface area contributed by atoms with Crippen LogP contribution in [0.3, 0.4) is 0 Å². The minimum atomic E-state index is -0.266. The monoisotopic (exact) mass is 321 g/mol. The number of carbonyl (C=O) groups excluding carboxylic acids is 1. The number of carbonyl (C=O) groups is 1. The number of nitrogens with zero attached hydrogens (tertiary/aromatic N) is 1. The van der Waals surface area contributed by atoms with Gasteiger partial charge < -0.3 is 14.5 Å². The minimum absolute atomic E-state index is 0.129. The van der Waals surface area contributed by atoms with Gasteiger partial charge in [0, 0.05) is 12.0 Å². The molecule has 2 N–H and O–H groups in total. The molecule has 2 amide bonds. The zero-order chi connectivity index (χ0) is 15.7. The highest BCUT2D eigenvalue weighted by molar-refractivity contribution is 7.15. The van der Waals surface area contributed by atoms with E-state index in [0.717, 1.165) is 34.1 Å². The van der Waals surface area contributed by atoms with Gasteiger partial charge in [-0.05, 0) is 26.8 Å². The standard InChI is InChI=1S/C15H19N3O3S/c1-8-6-11(10(3)21-8)9(2)16-14(19)18-15-17-12-4-5-20-7-13(12)22-15/h6,9H,4-5,7H2,1-3H3,(H2,16,17,18,19)/t9-/m0/s1. The van der Waals surface area contributed by atoms with E-state index in [1.165, 1.54) is 11.3 Å². The highest BCUT2D eigenvalue weighted by Crippen LogP contribution is 2.27. The van der Waals surface area contributed by atoms with Crippen LogP contribution in [0.4, 0.5) is 9.93 Å². The summed E-state index contributed by atoms with van der Waals surface area (Å²) >= 11 is 1.47. The molecule has 1 atom stereocenters. The molecule has 1 aliphatic rings. The average molecular weight is 321 g/mol. The van der Waals surface area contributed by atoms with Gasteiger partial charge in [0.15, 0.2) is 5.13 Å². The number of thiazole rings is 1. The first-order valence-electron chi connectivity index (χ1n) is 7.23. The number of furan rings is 1. The summed E-state index contributed by atoms with van der Waals surface area (Å²) in [6.07, 6.45) is 0.805. The number of anilines is 1. The Balaban J connectivity index is 1.62. The second-order valence-corrected chi connectivity index (χ2v) is 6.46. The Morgan fingerprint density at radius 1 is 1.45 bits per heavy atom. The fourth-order valence-corrected chi connectivity index (χ4v) is 3.51. The van der Waals surface area contributed by atoms with Gasteiger partial charge in [-0.25, -0.2) is 9.78 Å². The molecular formula is C15H19N3O3S. The molecule has 0 saturated heterocycles. The van der Waals surface area contributed by atoms with E-state index < -0.39 is 0 Å². The molecule has 0 spiro atoms. The van der Waals surface area contributed by atoms with Crippen LogP contribution in [0.25, 0.3) is 0 Å². The van der Waals surface area contributed by atoms with Crippen LogP contribution in [-0.4, -0.2) is 17.6 Å². The predicted octanol–water partition coefficient (Wildman–Crippen LogP) is 3.31. The molecule has 6 nitrogen and oxygen atoms in total. The van der Waals surface area contributed by atoms with Crippen LogP contribution in [0.2, 0.25) is 0 Å². The number of aryl methyl sites for hydroxylation is 2. The lowest BCUT2D eigenvalue weighted by atomic mass is 10.1. The minimum Gasteiger partial charge on any atom is -0.466 e. The number of aromatic nitrogens is 1. The van der Waals surface area contributed by atoms with E-state index in [4.69, 9.17) is 9.15 Å². The number of hydrogen-bond acceptors (Lipinski definition) is 5. The Morgan fingerprint density at radius 3 is 2.95 bits per heavy atom. The van der Waals surface area contributed by atoms with Crippen molar-refractivity contribution in [3.8, 4) is 0 Å². The normalized spacial score (nSPS) is 15.2. The lowest BCUT2D eigenvalue weighted by Gasteiger charge is -2.13. The Labute approximate surface area is 132 Å². The van der Waals surface area contributed by atoms with Gasteiger partial charge in [0.2, 0.25) is 0 Å². The van der Waals surface area contributed by atoms with Crippen LogP contribution >= 0.6 is 11.3 Å². The number of rotatable bonds is 3. The molecule has 0 radical (unpaired) electrons. The number of amides is 2. The van der Waals surface area contributed by atoms with E-state index in [1.807, 2.05) is 26.8 Å². The van der Waals surface area contributed by atoms with Gasteiger partial charge in [-0.2, -0.15) is 0 Å². The first kappa shape index (κ1) is 15.1. The van der Waals surface area contributed by atoms with Crippen molar-refractivity contribution >= 4 is 22.5 Å². The smallest absolute Gasteiger partial charge is 0.321 e. The Morgan fingerprint density at radius 2 is 2.27 bits per heavy atom. The van der Waals surface area contributed by atoms with E-state index in [0.29, 0.717) is 18.3 Å². The van der Waals surface area contributed by atoms with Crippen molar-refractivity contribution in [2.75, 3.05) is 11.9 Å². The predicted molar refractivity (Wildman–Crippen MR) is 84.2 cm³/mol. The summed E-state index contributed by atoms with van der Waals surface area (Å²) in [7, 11) is 0. The van der Waals surface area contributed by atoms with Gasteiger partial charge in [-0.15, -0.1) is 0 Å². The van der Waals surface area contributed by atoms with Crippen molar-refractivity contribution in [1.82, 2.24) is 10.3 Å². The number of urea groups is 1. The van der Waals surface area contributed by atoms with E-state index in [2.05, 4.69) is 15.6 Å². The molecule has 0 saturated carbocycles. The van der Waals surface area contributed by atoms with Gasteiger partial charge >= 0.3 is 6.03 Å². The third-order valence-corrected chi connectivity index (χ3v) is 4.60. The Bertz CT molecular complexity index is 669. The first-order valence-corrected chi connectivity index (χ1v) is 8.05. The zero-order valence-corrected chi connectivity index (χ0v) is 13.7. The molecule has 3 rings (SSSR count). The summed E-state index contributed by atoms with van der Waals surface area (Å²) in [5, 5.41) is 6.31. The van der Waals surface area contributed by atoms with Gasteiger partial charge in [-0.3, -0.25) is 5.32 Å². The van der Waals surface area contributed by atoms with Crippen molar-refractivity contribution in [3.63, 3.8) is 0 Å². The Kier molecular flexibility index (Phi) is 4.17. The zero-order valence-electron chi connectivity index (χ0n) is 12.9. The maximum absolute atomic E-state index is 12.1. The van der Waals surface area contributed by atoms with Crippen LogP contribution < -0.4 is 10.6 Å². The molecule has 2 aromatic heterocycles. The Hall–Kier alpha value is -1.86. The van der Waals surface area contributed by atoms with Crippen molar-refractivity contribution in [1.29, 1.82) is 0 Å². The maximum Gasteiger partial charge on any atom is 0.321 e. The van der Waals surface area contributed by atoms with Crippen LogP contribution in [0.15, 0.2) is 10.5 Å². The molecule has 22 heavy (non-hydrogen) atoms. The van der Waals surface area contributed by atoms with E-state index in [9.17, 15) is 4.79 Å². The fraction of sp³-hybridized carbons (Fsp3) is 0.467. The molecule has 0 aliphatic carbocycles. The number of fused-ring (bicyclic) bond motifs is 1. The maximum atomic E-state index is 12.1. The number of nitrogens with one attached hydrogen (secondary N) is 2. The lowest BCUT2D eigenvalue weighted by molar-refractivity contribution is 0.112. The van der Waals surface area contributed by atoms with Gasteiger partial charge in [0.05, 0.1) is 29.8 Å². The second kappa shape index (κ2) is 6.10. The first-order chi connectivity index (χ1) is 10.5. The molecule has 118 valence electrons. The molecule has 1 aliphatic heterocycles. The summed E-state index contributed by atoms with van der Waals surface area (Å²) in [6, 6.07) is 1.55. The fourth-order valence-electron chi connectivity index (χ4n) is 2.57. The molecule has 7 heteroatoms. The van der Waals surface area contributed by atoms with Gasteiger partial charge in [-0.1, -0.05) is 11.3 Å². The third kappa shape index (κ3) is 3.15. The SMILES string of the molecule is Cc1cc([C@H](C)NC(=O)Nc2nc3c(s2)COCC3)c(C)o1. The van der Waals surface area contributed by atoms with Crippen LogP contribution in [-0.2, 0) is 17.8 Å². The van der Waals surface area contributed by atoms with E-state index in [-0.39, 0.29) is 12.1 Å². The summed E-state index contributed by atoms with van der Waals surface area (Å²) < 4.78 is 10.9. The molecule has 0 aromatic carbocycles. The largest absolute Gasteiger partial charge is 0.466 e. The van der Waals surface area contributed by atoms with E-state index in [1.54, 1.807) is 0 Å². The van der Waals surface area contributed by atoms with Crippen molar-refractivity contribution in [2.24, 2.45) is 0 Å². The van der Waals surface area contributed by atoms with Crippen LogP contribution in [0, 0.1) is 13.8 Å². The highest BCUT2D eigenvalue weighted by Gasteiger charge is 2.18. The highest BCUT2D eigenvalue weighted by atomic mass is 32.1. The second-order valence-electron chi connectivity index (χ2n) is 5.38. The van der Waals surface area contributed by atoms with Crippen LogP contribution in [0.1, 0.15) is 40.6 Å². The topological polar surface area (TPSA) is 76.4 Å². The quantitative estimate of drug-likeness (QED) is 0.909. The summed E-state index contributed by atoms with van der Waals surface area (Å²) in [6.45, 7) is 7.00. The van der Waals surface area contributed by atoms with Crippen LogP contribution in [0.5, 0.6) is 0 Å². The molecular weight excluding hydrogens is 302 g/mol. The number of hydrogen-bond donors (Lipinski definition) is 2. The number of ether oxygens (including phenoxy) is 1. The molecule has 0 bridgehead atoms. The van der Waals surface area contributed by atoms with Crippen molar-refractivity contribution in [2.45, 2.75) is 39.8 Å². The lowest BCUT2D eigenvalue weighted by Crippen LogP contribution is -2.31. The van der Waals surface area contributed by atoms with Crippen molar-refractivity contribution < 1.29 is 13.9 Å². The summed E-state index contributed by atoms with van der Waals surface area (Å²) in [5.74, 6) is 1.67. The molecule has 3 heterocycles. The molecule has 0 unspecified atom stereocenters. The molecule has 2 aromatic rings. The summed E-state index contributed by atoms with van der Waals surface area (Å²) in [4.78, 5) is 17.6. The van der Waals surface area contributed by atoms with Gasteiger partial charge in [0.25, 0.3) is 0 Å². The summed E-state index contributed by atoms with van der Waals surface area (Å²) in [5.41, 5.74) is 2.01. The van der Waals surface area contributed by atoms with Gasteiger partial charge in [0.1, 0.15) is 11.5 Å². The molecule has 0 fully saturated rings. The third-order valence-electron chi connectivity index (χ3n) is 3.61.